The number of fused-ring (bicyclic) bond motifs is 1. The van der Waals surface area contributed by atoms with E-state index in [1.807, 2.05) is 49.4 Å². The molecule has 21 heavy (non-hydrogen) atoms. The van der Waals surface area contributed by atoms with Gasteiger partial charge >= 0.3 is 0 Å². The van der Waals surface area contributed by atoms with Crippen LogP contribution in [-0.2, 0) is 6.54 Å². The minimum atomic E-state index is -0.0788. The van der Waals surface area contributed by atoms with Gasteiger partial charge in [0, 0.05) is 12.1 Å². The third-order valence-corrected chi connectivity index (χ3v) is 3.37. The van der Waals surface area contributed by atoms with E-state index in [1.54, 1.807) is 0 Å². The molecule has 1 N–H and O–H groups in total. The fraction of sp³-hybridized carbons (Fsp3) is 0.235. The SMILES string of the molecule is Cc1ccc(C(=O)NCc2ccc3c(c2)OCCO3)cc1. The van der Waals surface area contributed by atoms with Crippen LogP contribution in [-0.4, -0.2) is 19.1 Å². The number of hydrogen-bond acceptors (Lipinski definition) is 3. The van der Waals surface area contributed by atoms with Gasteiger partial charge in [-0.1, -0.05) is 23.8 Å². The second kappa shape index (κ2) is 5.87. The number of nitrogens with one attached hydrogen (secondary N) is 1. The number of rotatable bonds is 3. The van der Waals surface area contributed by atoms with E-state index >= 15 is 0 Å². The maximum atomic E-state index is 12.1. The Morgan fingerprint density at radius 2 is 1.76 bits per heavy atom. The highest BCUT2D eigenvalue weighted by molar-refractivity contribution is 5.94. The summed E-state index contributed by atoms with van der Waals surface area (Å²) in [4.78, 5) is 12.1. The molecule has 0 saturated carbocycles. The summed E-state index contributed by atoms with van der Waals surface area (Å²) in [5, 5.41) is 2.91. The van der Waals surface area contributed by atoms with Gasteiger partial charge in [0.2, 0.25) is 0 Å². The molecule has 108 valence electrons. The third kappa shape index (κ3) is 3.16. The van der Waals surface area contributed by atoms with E-state index in [0.717, 1.165) is 22.6 Å². The highest BCUT2D eigenvalue weighted by Gasteiger charge is 2.12. The Morgan fingerprint density at radius 1 is 1.05 bits per heavy atom. The Hall–Kier alpha value is -2.49. The third-order valence-electron chi connectivity index (χ3n) is 3.37. The van der Waals surface area contributed by atoms with Crippen molar-refractivity contribution in [2.24, 2.45) is 0 Å². The van der Waals surface area contributed by atoms with Crippen molar-refractivity contribution in [2.75, 3.05) is 13.2 Å². The normalized spacial score (nSPS) is 12.8. The molecule has 0 atom stereocenters. The average molecular weight is 283 g/mol. The van der Waals surface area contributed by atoms with Crippen molar-refractivity contribution in [3.63, 3.8) is 0 Å². The lowest BCUT2D eigenvalue weighted by Crippen LogP contribution is -2.23. The van der Waals surface area contributed by atoms with Crippen molar-refractivity contribution in [3.8, 4) is 11.5 Å². The summed E-state index contributed by atoms with van der Waals surface area (Å²) in [5.74, 6) is 1.42. The molecule has 0 aliphatic carbocycles. The highest BCUT2D eigenvalue weighted by Crippen LogP contribution is 2.30. The molecule has 0 radical (unpaired) electrons. The van der Waals surface area contributed by atoms with E-state index in [1.165, 1.54) is 0 Å². The number of hydrogen-bond donors (Lipinski definition) is 1. The van der Waals surface area contributed by atoms with Crippen LogP contribution in [0, 0.1) is 6.92 Å². The first-order chi connectivity index (χ1) is 10.2. The van der Waals surface area contributed by atoms with Gasteiger partial charge in [-0.25, -0.2) is 0 Å². The van der Waals surface area contributed by atoms with E-state index in [9.17, 15) is 4.79 Å². The summed E-state index contributed by atoms with van der Waals surface area (Å²) in [6.07, 6.45) is 0. The van der Waals surface area contributed by atoms with Gasteiger partial charge < -0.3 is 14.8 Å². The van der Waals surface area contributed by atoms with Gasteiger partial charge in [-0.3, -0.25) is 4.79 Å². The van der Waals surface area contributed by atoms with E-state index in [4.69, 9.17) is 9.47 Å². The molecule has 3 rings (SSSR count). The van der Waals surface area contributed by atoms with Gasteiger partial charge in [0.05, 0.1) is 0 Å². The number of carbonyl (C=O) groups excluding carboxylic acids is 1. The molecule has 1 heterocycles. The molecule has 0 unspecified atom stereocenters. The fourth-order valence-electron chi connectivity index (χ4n) is 2.19. The molecule has 4 nitrogen and oxygen atoms in total. The van der Waals surface area contributed by atoms with Crippen molar-refractivity contribution in [3.05, 3.63) is 59.2 Å². The van der Waals surface area contributed by atoms with Crippen LogP contribution >= 0.6 is 0 Å². The monoisotopic (exact) mass is 283 g/mol. The molecule has 0 aromatic heterocycles. The van der Waals surface area contributed by atoms with E-state index in [-0.39, 0.29) is 5.91 Å². The Labute approximate surface area is 123 Å². The zero-order valence-electron chi connectivity index (χ0n) is 11.9. The summed E-state index contributed by atoms with van der Waals surface area (Å²) in [6, 6.07) is 13.2. The van der Waals surface area contributed by atoms with Crippen LogP contribution in [0.1, 0.15) is 21.5 Å². The average Bonchev–Trinajstić information content (AvgIpc) is 2.53. The predicted molar refractivity (Wildman–Crippen MR) is 79.8 cm³/mol. The maximum absolute atomic E-state index is 12.1. The Bertz CT molecular complexity index is 650. The van der Waals surface area contributed by atoms with E-state index < -0.39 is 0 Å². The fourth-order valence-corrected chi connectivity index (χ4v) is 2.19. The lowest BCUT2D eigenvalue weighted by atomic mass is 10.1. The van der Waals surface area contributed by atoms with Crippen molar-refractivity contribution >= 4 is 5.91 Å². The van der Waals surface area contributed by atoms with Gasteiger partial charge in [0.1, 0.15) is 13.2 Å². The van der Waals surface area contributed by atoms with Gasteiger partial charge in [0.25, 0.3) is 5.91 Å². The zero-order valence-corrected chi connectivity index (χ0v) is 11.9. The molecule has 0 bridgehead atoms. The van der Waals surface area contributed by atoms with Crippen LogP contribution in [0.4, 0.5) is 0 Å². The molecule has 0 spiro atoms. The second-order valence-corrected chi connectivity index (χ2v) is 5.03. The summed E-state index contributed by atoms with van der Waals surface area (Å²) in [7, 11) is 0. The number of benzene rings is 2. The molecule has 2 aromatic rings. The Morgan fingerprint density at radius 3 is 2.52 bits per heavy atom. The van der Waals surface area contributed by atoms with Crippen molar-refractivity contribution in [1.29, 1.82) is 0 Å². The number of ether oxygens (including phenoxy) is 2. The molecule has 0 saturated heterocycles. The van der Waals surface area contributed by atoms with Gasteiger partial charge in [0.15, 0.2) is 11.5 Å². The summed E-state index contributed by atoms with van der Waals surface area (Å²) in [5.41, 5.74) is 2.79. The summed E-state index contributed by atoms with van der Waals surface area (Å²) in [6.45, 7) is 3.60. The first kappa shape index (κ1) is 13.5. The minimum Gasteiger partial charge on any atom is -0.486 e. The van der Waals surface area contributed by atoms with Crippen molar-refractivity contribution in [1.82, 2.24) is 5.32 Å². The molecular formula is C17H17NO3. The van der Waals surface area contributed by atoms with Crippen LogP contribution in [0.3, 0.4) is 0 Å². The zero-order chi connectivity index (χ0) is 14.7. The molecule has 1 amide bonds. The smallest absolute Gasteiger partial charge is 0.251 e. The Balaban J connectivity index is 1.64. The predicted octanol–water partition coefficient (Wildman–Crippen LogP) is 2.70. The van der Waals surface area contributed by atoms with E-state index in [0.29, 0.717) is 25.3 Å². The second-order valence-electron chi connectivity index (χ2n) is 5.03. The van der Waals surface area contributed by atoms with Crippen LogP contribution in [0.15, 0.2) is 42.5 Å². The molecular weight excluding hydrogens is 266 g/mol. The first-order valence-electron chi connectivity index (χ1n) is 6.96. The molecule has 1 aliphatic heterocycles. The maximum Gasteiger partial charge on any atom is 0.251 e. The van der Waals surface area contributed by atoms with Gasteiger partial charge in [-0.05, 0) is 36.8 Å². The van der Waals surface area contributed by atoms with Crippen LogP contribution in [0.25, 0.3) is 0 Å². The van der Waals surface area contributed by atoms with Crippen molar-refractivity contribution < 1.29 is 14.3 Å². The van der Waals surface area contributed by atoms with Gasteiger partial charge in [-0.15, -0.1) is 0 Å². The first-order valence-corrected chi connectivity index (χ1v) is 6.96. The lowest BCUT2D eigenvalue weighted by Gasteiger charge is -2.19. The summed E-state index contributed by atoms with van der Waals surface area (Å²) >= 11 is 0. The molecule has 2 aromatic carbocycles. The van der Waals surface area contributed by atoms with Gasteiger partial charge in [-0.2, -0.15) is 0 Å². The Kier molecular flexibility index (Phi) is 3.77. The van der Waals surface area contributed by atoms with Crippen LogP contribution in [0.2, 0.25) is 0 Å². The summed E-state index contributed by atoms with van der Waals surface area (Å²) < 4.78 is 11.0. The van der Waals surface area contributed by atoms with Crippen molar-refractivity contribution in [2.45, 2.75) is 13.5 Å². The topological polar surface area (TPSA) is 47.6 Å². The lowest BCUT2D eigenvalue weighted by molar-refractivity contribution is 0.0951. The molecule has 4 heteroatoms. The number of aryl methyl sites for hydroxylation is 1. The minimum absolute atomic E-state index is 0.0788. The molecule has 0 fully saturated rings. The standard InChI is InChI=1S/C17H17NO3/c1-12-2-5-14(6-3-12)17(19)18-11-13-4-7-15-16(10-13)21-9-8-20-15/h2-7,10H,8-9,11H2,1H3,(H,18,19). The largest absolute Gasteiger partial charge is 0.486 e. The molecule has 1 aliphatic rings. The quantitative estimate of drug-likeness (QED) is 0.942. The highest BCUT2D eigenvalue weighted by atomic mass is 16.6. The van der Waals surface area contributed by atoms with Crippen LogP contribution in [0.5, 0.6) is 11.5 Å². The number of amides is 1. The van der Waals surface area contributed by atoms with E-state index in [2.05, 4.69) is 5.32 Å². The number of carbonyl (C=O) groups is 1. The van der Waals surface area contributed by atoms with Crippen LogP contribution < -0.4 is 14.8 Å².